The van der Waals surface area contributed by atoms with E-state index in [0.29, 0.717) is 54.3 Å². The smallest absolute Gasteiger partial charge is 0.254 e. The van der Waals surface area contributed by atoms with E-state index in [1.807, 2.05) is 29.2 Å². The molecule has 0 radical (unpaired) electrons. The average molecular weight is 533 g/mol. The maximum Gasteiger partial charge on any atom is 0.254 e. The Bertz CT molecular complexity index is 1390. The molecule has 2 aromatic heterocycles. The zero-order chi connectivity index (χ0) is 27.5. The van der Waals surface area contributed by atoms with Gasteiger partial charge in [0.05, 0.1) is 11.6 Å². The van der Waals surface area contributed by atoms with Gasteiger partial charge in [0.25, 0.3) is 5.91 Å². The normalized spacial score (nSPS) is 24.1. The molecule has 2 N–H and O–H groups in total. The zero-order valence-corrected chi connectivity index (χ0v) is 22.3. The number of hydrogen-bond donors (Lipinski definition) is 2. The minimum absolute atomic E-state index is 0.0223. The Morgan fingerprint density at radius 3 is 2.08 bits per heavy atom. The summed E-state index contributed by atoms with van der Waals surface area (Å²) in [6.07, 6.45) is 13.8. The number of pyridine rings is 2. The fraction of sp³-hybridized carbons (Fsp3) is 0.344. The lowest BCUT2D eigenvalue weighted by atomic mass is 9.84. The third kappa shape index (κ3) is 5.38. The summed E-state index contributed by atoms with van der Waals surface area (Å²) in [5, 5.41) is 16.4. The number of piperidine rings is 1. The van der Waals surface area contributed by atoms with Crippen LogP contribution in [0, 0.1) is 17.2 Å². The number of fused-ring (bicyclic) bond motifs is 2. The van der Waals surface area contributed by atoms with E-state index in [1.165, 1.54) is 12.8 Å². The van der Waals surface area contributed by atoms with Crippen molar-refractivity contribution in [3.63, 3.8) is 0 Å². The molecule has 8 heteroatoms. The van der Waals surface area contributed by atoms with Gasteiger partial charge in [0.2, 0.25) is 0 Å². The van der Waals surface area contributed by atoms with Gasteiger partial charge in [-0.15, -0.1) is 0 Å². The van der Waals surface area contributed by atoms with Crippen LogP contribution in [0.15, 0.2) is 85.2 Å². The lowest BCUT2D eigenvalue weighted by Gasteiger charge is -2.32. The van der Waals surface area contributed by atoms with E-state index >= 15 is 0 Å². The van der Waals surface area contributed by atoms with E-state index in [0.717, 1.165) is 24.0 Å². The van der Waals surface area contributed by atoms with Crippen molar-refractivity contribution in [1.82, 2.24) is 25.5 Å². The Morgan fingerprint density at radius 1 is 0.950 bits per heavy atom. The summed E-state index contributed by atoms with van der Waals surface area (Å²) in [7, 11) is 0. The molecule has 0 aliphatic carbocycles. The first-order valence-electron chi connectivity index (χ1n) is 13.9. The number of allylic oxidation sites excluding steroid dienone is 1. The van der Waals surface area contributed by atoms with Gasteiger partial charge in [-0.25, -0.2) is 0 Å². The number of nitrogens with zero attached hydrogens (tertiary/aromatic N) is 4. The Balaban J connectivity index is 1.37. The van der Waals surface area contributed by atoms with Crippen LogP contribution in [0.1, 0.15) is 52.7 Å². The van der Waals surface area contributed by atoms with Crippen molar-refractivity contribution in [1.29, 1.82) is 5.26 Å². The molecule has 40 heavy (non-hydrogen) atoms. The summed E-state index contributed by atoms with van der Waals surface area (Å²) in [5.41, 5.74) is 1.98. The molecule has 3 fully saturated rings. The molecule has 3 aliphatic rings. The maximum atomic E-state index is 14.5. The van der Waals surface area contributed by atoms with Crippen molar-refractivity contribution in [3.05, 3.63) is 107 Å². The van der Waals surface area contributed by atoms with Gasteiger partial charge in [0.15, 0.2) is 5.78 Å². The summed E-state index contributed by atoms with van der Waals surface area (Å²) in [4.78, 5) is 38.1. The van der Waals surface area contributed by atoms with Gasteiger partial charge < -0.3 is 10.6 Å². The van der Waals surface area contributed by atoms with E-state index in [4.69, 9.17) is 5.26 Å². The summed E-state index contributed by atoms with van der Waals surface area (Å²) in [6.45, 7) is 0.571. The van der Waals surface area contributed by atoms with E-state index in [2.05, 4.69) is 26.7 Å². The van der Waals surface area contributed by atoms with Crippen LogP contribution in [0.3, 0.4) is 0 Å². The SMILES string of the molecule is N#Cc1ccc(C(=O)C=C2NC(Cc3ccncc3)(Cc3ccncc3)C(=O)N2CC2CC3CCC(C2)N3)cc1. The van der Waals surface area contributed by atoms with E-state index in [9.17, 15) is 9.59 Å². The zero-order valence-electron chi connectivity index (χ0n) is 22.3. The topological polar surface area (TPSA) is 111 Å². The molecule has 0 saturated carbocycles. The molecule has 5 heterocycles. The van der Waals surface area contributed by atoms with Crippen LogP contribution in [-0.2, 0) is 17.6 Å². The van der Waals surface area contributed by atoms with Gasteiger partial charge in [-0.3, -0.25) is 24.5 Å². The quantitative estimate of drug-likeness (QED) is 0.337. The fourth-order valence-corrected chi connectivity index (χ4v) is 6.53. The fourth-order valence-electron chi connectivity index (χ4n) is 6.53. The molecule has 3 aromatic rings. The number of carbonyl (C=O) groups is 2. The van der Waals surface area contributed by atoms with Crippen LogP contribution in [0.5, 0.6) is 0 Å². The van der Waals surface area contributed by atoms with Crippen molar-refractivity contribution in [2.75, 3.05) is 6.54 Å². The second-order valence-corrected chi connectivity index (χ2v) is 11.2. The van der Waals surface area contributed by atoms with Crippen molar-refractivity contribution in [2.24, 2.45) is 5.92 Å². The molecule has 2 unspecified atom stereocenters. The van der Waals surface area contributed by atoms with Crippen molar-refractivity contribution in [2.45, 2.75) is 56.1 Å². The summed E-state index contributed by atoms with van der Waals surface area (Å²) >= 11 is 0. The monoisotopic (exact) mass is 532 g/mol. The second kappa shape index (κ2) is 11.0. The highest BCUT2D eigenvalue weighted by Gasteiger charge is 2.50. The van der Waals surface area contributed by atoms with Crippen LogP contribution in [-0.4, -0.2) is 50.7 Å². The van der Waals surface area contributed by atoms with Crippen molar-refractivity contribution >= 4 is 11.7 Å². The van der Waals surface area contributed by atoms with E-state index in [1.54, 1.807) is 55.1 Å². The Labute approximate surface area is 234 Å². The van der Waals surface area contributed by atoms with Gasteiger partial charge in [-0.1, -0.05) is 0 Å². The summed E-state index contributed by atoms with van der Waals surface area (Å²) in [5.74, 6) is 0.661. The summed E-state index contributed by atoms with van der Waals surface area (Å²) in [6, 6.07) is 17.4. The third-order valence-corrected chi connectivity index (χ3v) is 8.40. The van der Waals surface area contributed by atoms with Crippen LogP contribution in [0.25, 0.3) is 0 Å². The molecule has 2 atom stereocenters. The van der Waals surface area contributed by atoms with Gasteiger partial charge in [-0.2, -0.15) is 5.26 Å². The standard InChI is InChI=1S/C32H32N6O2/c33-20-24-1-3-26(4-2-24)29(39)17-30-37-32(18-22-7-11-34-12-8-22,19-23-9-13-35-14-10-23)31(40)38(30)21-25-15-27-5-6-28(16-25)36-27/h1-4,7-14,17,25,27-28,36-37H,5-6,15-16,18-19,21H2. The Morgan fingerprint density at radius 2 is 1.52 bits per heavy atom. The molecule has 1 aromatic carbocycles. The largest absolute Gasteiger partial charge is 0.357 e. The highest BCUT2D eigenvalue weighted by molar-refractivity contribution is 6.06. The molecular formula is C32H32N6O2. The predicted molar refractivity (Wildman–Crippen MR) is 150 cm³/mol. The minimum atomic E-state index is -0.967. The number of aromatic nitrogens is 2. The highest BCUT2D eigenvalue weighted by atomic mass is 16.2. The summed E-state index contributed by atoms with van der Waals surface area (Å²) < 4.78 is 0. The third-order valence-electron chi connectivity index (χ3n) is 8.40. The first-order chi connectivity index (χ1) is 19.5. The maximum absolute atomic E-state index is 14.5. The van der Waals surface area contributed by atoms with E-state index < -0.39 is 5.54 Å². The Kier molecular flexibility index (Phi) is 7.14. The molecule has 3 saturated heterocycles. The molecular weight excluding hydrogens is 500 g/mol. The van der Waals surface area contributed by atoms with Crippen molar-refractivity contribution in [3.8, 4) is 6.07 Å². The number of rotatable bonds is 8. The number of ketones is 1. The van der Waals surface area contributed by atoms with Gasteiger partial charge in [0.1, 0.15) is 11.4 Å². The van der Waals surface area contributed by atoms with Crippen molar-refractivity contribution < 1.29 is 9.59 Å². The Hall–Kier alpha value is -4.35. The second-order valence-electron chi connectivity index (χ2n) is 11.2. The van der Waals surface area contributed by atoms with Crippen LogP contribution < -0.4 is 10.6 Å². The first-order valence-corrected chi connectivity index (χ1v) is 13.9. The van der Waals surface area contributed by atoms with E-state index in [-0.39, 0.29) is 11.7 Å². The molecule has 1 amide bonds. The first kappa shape index (κ1) is 25.9. The highest BCUT2D eigenvalue weighted by Crippen LogP contribution is 2.36. The number of benzene rings is 1. The molecule has 6 rings (SSSR count). The lowest BCUT2D eigenvalue weighted by molar-refractivity contribution is -0.132. The van der Waals surface area contributed by atoms with Gasteiger partial charge in [0, 0.05) is 67.9 Å². The number of hydrogen-bond acceptors (Lipinski definition) is 7. The number of amides is 1. The van der Waals surface area contributed by atoms with Gasteiger partial charge in [-0.05, 0) is 91.3 Å². The molecule has 3 aliphatic heterocycles. The molecule has 2 bridgehead atoms. The van der Waals surface area contributed by atoms with Crippen LogP contribution >= 0.6 is 0 Å². The lowest BCUT2D eigenvalue weighted by Crippen LogP contribution is -2.51. The molecule has 0 spiro atoms. The molecule has 202 valence electrons. The molecule has 8 nitrogen and oxygen atoms in total. The van der Waals surface area contributed by atoms with Gasteiger partial charge >= 0.3 is 0 Å². The number of nitrogens with one attached hydrogen (secondary N) is 2. The number of nitriles is 1. The van der Waals surface area contributed by atoms with Crippen LogP contribution in [0.2, 0.25) is 0 Å². The van der Waals surface area contributed by atoms with Crippen LogP contribution in [0.4, 0.5) is 0 Å². The number of carbonyl (C=O) groups excluding carboxylic acids is 2. The predicted octanol–water partition coefficient (Wildman–Crippen LogP) is 3.56. The minimum Gasteiger partial charge on any atom is -0.357 e. The average Bonchev–Trinajstić information content (AvgIpc) is 3.44.